The molecule has 2 N–H and O–H groups in total. The lowest BCUT2D eigenvalue weighted by atomic mass is 10.2. The average Bonchev–Trinajstić information content (AvgIpc) is 2.97. The van der Waals surface area contributed by atoms with Crippen LogP contribution in [0.3, 0.4) is 0 Å². The number of nitrogens with zero attached hydrogens (tertiary/aromatic N) is 1. The van der Waals surface area contributed by atoms with Gasteiger partial charge in [-0.15, -0.1) is 11.8 Å². The summed E-state index contributed by atoms with van der Waals surface area (Å²) in [6.45, 7) is 3.69. The number of esters is 1. The van der Waals surface area contributed by atoms with E-state index in [-0.39, 0.29) is 25.0 Å². The maximum absolute atomic E-state index is 12.0. The van der Waals surface area contributed by atoms with Gasteiger partial charge in [0.25, 0.3) is 0 Å². The molecule has 0 radical (unpaired) electrons. The third kappa shape index (κ3) is 3.57. The predicted octanol–water partition coefficient (Wildman–Crippen LogP) is 0.971. The maximum Gasteiger partial charge on any atom is 0.342 e. The lowest BCUT2D eigenvalue weighted by Crippen LogP contribution is -2.34. The van der Waals surface area contributed by atoms with Crippen molar-refractivity contribution in [2.24, 2.45) is 0 Å². The molecule has 0 saturated carbocycles. The van der Waals surface area contributed by atoms with Crippen molar-refractivity contribution in [2.75, 3.05) is 30.1 Å². The molecule has 2 rings (SSSR count). The Kier molecular flexibility index (Phi) is 4.89. The zero-order chi connectivity index (χ0) is 15.4. The number of H-pyrrole nitrogens is 1. The van der Waals surface area contributed by atoms with Gasteiger partial charge in [-0.3, -0.25) is 9.59 Å². The molecule has 8 heteroatoms. The Bertz CT molecular complexity index is 570. The number of hydrogen-bond donors (Lipinski definition) is 2. The van der Waals surface area contributed by atoms with Crippen LogP contribution in [0.4, 0.5) is 5.69 Å². The number of anilines is 1. The molecule has 2 heterocycles. The monoisotopic (exact) mass is 311 g/mol. The molecule has 2 amide bonds. The van der Waals surface area contributed by atoms with Crippen LogP contribution in [-0.4, -0.2) is 52.4 Å². The minimum Gasteiger partial charge on any atom is -0.462 e. The van der Waals surface area contributed by atoms with Gasteiger partial charge in [-0.1, -0.05) is 0 Å². The van der Waals surface area contributed by atoms with E-state index in [1.165, 1.54) is 16.7 Å². The minimum absolute atomic E-state index is 0.0155. The van der Waals surface area contributed by atoms with Crippen molar-refractivity contribution in [2.45, 2.75) is 13.8 Å². The predicted molar refractivity (Wildman–Crippen MR) is 79.2 cm³/mol. The smallest absolute Gasteiger partial charge is 0.342 e. The van der Waals surface area contributed by atoms with Crippen molar-refractivity contribution in [1.82, 2.24) is 9.88 Å². The first-order chi connectivity index (χ1) is 10.0. The zero-order valence-electron chi connectivity index (χ0n) is 11.9. The van der Waals surface area contributed by atoms with Gasteiger partial charge in [-0.2, -0.15) is 0 Å². The quantitative estimate of drug-likeness (QED) is 0.791. The second kappa shape index (κ2) is 6.66. The molecule has 0 spiro atoms. The van der Waals surface area contributed by atoms with Crippen LogP contribution in [0.25, 0.3) is 0 Å². The maximum atomic E-state index is 12.0. The van der Waals surface area contributed by atoms with Crippen LogP contribution in [0.5, 0.6) is 0 Å². The Labute approximate surface area is 126 Å². The molecule has 0 unspecified atom stereocenters. The van der Waals surface area contributed by atoms with E-state index in [0.29, 0.717) is 28.6 Å². The highest BCUT2D eigenvalue weighted by atomic mass is 32.2. The summed E-state index contributed by atoms with van der Waals surface area (Å²) < 4.78 is 4.96. The molecule has 1 fully saturated rings. The first kappa shape index (κ1) is 15.4. The molecule has 1 saturated heterocycles. The van der Waals surface area contributed by atoms with Crippen molar-refractivity contribution in [3.05, 3.63) is 17.5 Å². The molecular formula is C13H17N3O4S. The summed E-state index contributed by atoms with van der Waals surface area (Å²) in [6, 6.07) is 0. The van der Waals surface area contributed by atoms with Crippen molar-refractivity contribution >= 4 is 35.2 Å². The Morgan fingerprint density at radius 1 is 1.52 bits per heavy atom. The van der Waals surface area contributed by atoms with E-state index >= 15 is 0 Å². The van der Waals surface area contributed by atoms with E-state index in [2.05, 4.69) is 10.3 Å². The largest absolute Gasteiger partial charge is 0.462 e. The van der Waals surface area contributed by atoms with Crippen LogP contribution in [0.2, 0.25) is 0 Å². The molecule has 1 aliphatic rings. The lowest BCUT2D eigenvalue weighted by Gasteiger charge is -2.14. The number of amides is 2. The second-order valence-electron chi connectivity index (χ2n) is 4.54. The minimum atomic E-state index is -0.487. The van der Waals surface area contributed by atoms with Gasteiger partial charge in [0, 0.05) is 11.9 Å². The highest BCUT2D eigenvalue weighted by molar-refractivity contribution is 8.00. The Morgan fingerprint density at radius 3 is 2.90 bits per heavy atom. The molecule has 114 valence electrons. The summed E-state index contributed by atoms with van der Waals surface area (Å²) in [5.74, 6) is 0.0501. The number of carbonyl (C=O) groups excluding carboxylic acids is 3. The number of aromatic nitrogens is 1. The van der Waals surface area contributed by atoms with E-state index in [1.807, 2.05) is 0 Å². The fraction of sp³-hybridized carbons (Fsp3) is 0.462. The van der Waals surface area contributed by atoms with Crippen molar-refractivity contribution < 1.29 is 19.1 Å². The number of aromatic amines is 1. The van der Waals surface area contributed by atoms with E-state index in [0.717, 1.165) is 0 Å². The number of carbonyl (C=O) groups is 3. The van der Waals surface area contributed by atoms with Gasteiger partial charge >= 0.3 is 5.97 Å². The zero-order valence-corrected chi connectivity index (χ0v) is 12.7. The van der Waals surface area contributed by atoms with Crippen LogP contribution in [-0.2, 0) is 14.3 Å². The fourth-order valence-corrected chi connectivity index (χ4v) is 2.90. The van der Waals surface area contributed by atoms with Crippen LogP contribution < -0.4 is 5.32 Å². The first-order valence-electron chi connectivity index (χ1n) is 6.53. The summed E-state index contributed by atoms with van der Waals surface area (Å²) >= 11 is 1.47. The number of thioether (sulfide) groups is 1. The second-order valence-corrected chi connectivity index (χ2v) is 5.50. The summed E-state index contributed by atoms with van der Waals surface area (Å²) in [4.78, 5) is 39.7. The fourth-order valence-electron chi connectivity index (χ4n) is 1.99. The third-order valence-electron chi connectivity index (χ3n) is 2.99. The number of hydrogen-bond acceptors (Lipinski definition) is 5. The molecule has 0 bridgehead atoms. The van der Waals surface area contributed by atoms with Gasteiger partial charge in [0.05, 0.1) is 23.9 Å². The third-order valence-corrected chi connectivity index (χ3v) is 3.94. The van der Waals surface area contributed by atoms with Gasteiger partial charge in [0.15, 0.2) is 0 Å². The number of rotatable bonds is 5. The van der Waals surface area contributed by atoms with Gasteiger partial charge in [-0.05, 0) is 13.8 Å². The van der Waals surface area contributed by atoms with Gasteiger partial charge in [-0.25, -0.2) is 4.79 Å². The summed E-state index contributed by atoms with van der Waals surface area (Å²) in [5, 5.41) is 2.64. The van der Waals surface area contributed by atoms with Crippen molar-refractivity contribution in [3.63, 3.8) is 0 Å². The average molecular weight is 311 g/mol. The number of nitrogens with one attached hydrogen (secondary N) is 2. The highest BCUT2D eigenvalue weighted by Gasteiger charge is 2.24. The van der Waals surface area contributed by atoms with Gasteiger partial charge in [0.1, 0.15) is 12.1 Å². The molecule has 1 aromatic rings. The van der Waals surface area contributed by atoms with Crippen LogP contribution >= 0.6 is 11.8 Å². The molecule has 7 nitrogen and oxygen atoms in total. The summed E-state index contributed by atoms with van der Waals surface area (Å²) in [6.07, 6.45) is 1.54. The van der Waals surface area contributed by atoms with Crippen LogP contribution in [0, 0.1) is 6.92 Å². The first-order valence-corrected chi connectivity index (χ1v) is 7.68. The molecule has 21 heavy (non-hydrogen) atoms. The van der Waals surface area contributed by atoms with Gasteiger partial charge < -0.3 is 19.9 Å². The Hall–Kier alpha value is -1.96. The molecular weight excluding hydrogens is 294 g/mol. The Morgan fingerprint density at radius 2 is 2.29 bits per heavy atom. The normalized spacial score (nSPS) is 14.4. The van der Waals surface area contributed by atoms with E-state index in [4.69, 9.17) is 4.74 Å². The molecule has 0 aromatic carbocycles. The Balaban J connectivity index is 2.04. The molecule has 1 aromatic heterocycles. The standard InChI is InChI=1S/C13H17N3O4S/c1-3-20-13(19)12-8(2)14-4-9(12)15-10(17)5-16-7-21-6-11(16)18/h4,14H,3,5-7H2,1-2H3,(H,15,17). The van der Waals surface area contributed by atoms with E-state index in [9.17, 15) is 14.4 Å². The van der Waals surface area contributed by atoms with Crippen molar-refractivity contribution in [1.29, 1.82) is 0 Å². The van der Waals surface area contributed by atoms with Crippen LogP contribution in [0.15, 0.2) is 6.20 Å². The van der Waals surface area contributed by atoms with Crippen molar-refractivity contribution in [3.8, 4) is 0 Å². The van der Waals surface area contributed by atoms with Crippen LogP contribution in [0.1, 0.15) is 23.0 Å². The molecule has 1 aliphatic heterocycles. The topological polar surface area (TPSA) is 91.5 Å². The highest BCUT2D eigenvalue weighted by Crippen LogP contribution is 2.21. The molecule has 0 aliphatic carbocycles. The molecule has 0 atom stereocenters. The van der Waals surface area contributed by atoms with Gasteiger partial charge in [0.2, 0.25) is 11.8 Å². The van der Waals surface area contributed by atoms with E-state index < -0.39 is 5.97 Å². The lowest BCUT2D eigenvalue weighted by molar-refractivity contribution is -0.130. The number of aryl methyl sites for hydroxylation is 1. The number of ether oxygens (including phenoxy) is 1. The SMILES string of the molecule is CCOC(=O)c1c(NC(=O)CN2CSCC2=O)c[nH]c1C. The summed E-state index contributed by atoms with van der Waals surface area (Å²) in [7, 11) is 0. The van der Waals surface area contributed by atoms with E-state index in [1.54, 1.807) is 20.0 Å². The summed E-state index contributed by atoms with van der Waals surface area (Å²) in [5.41, 5.74) is 1.30.